The summed E-state index contributed by atoms with van der Waals surface area (Å²) in [6.07, 6.45) is 1.74. The van der Waals surface area contributed by atoms with E-state index in [0.717, 1.165) is 16.6 Å². The van der Waals surface area contributed by atoms with Crippen molar-refractivity contribution >= 4 is 75.0 Å². The lowest BCUT2D eigenvalue weighted by Gasteiger charge is -2.14. The fourth-order valence-electron chi connectivity index (χ4n) is 2.16. The fourth-order valence-corrected chi connectivity index (χ4v) is 4.36. The Kier molecular flexibility index (Phi) is 6.27. The molecule has 0 unspecified atom stereocenters. The normalized spacial score (nSPS) is 15.3. The van der Waals surface area contributed by atoms with Gasteiger partial charge in [0, 0.05) is 4.88 Å². The standard InChI is InChI=1S/C17H12ClN3O3S3/c18-12-6-2-1-5-11(12)15(23)20-19-14(22)9-21-16(24)13(27-17(21)25)8-10-4-3-7-26-10/h1-8H,9H2,(H,19,22)(H,20,23)/b13-8+. The van der Waals surface area contributed by atoms with Crippen molar-refractivity contribution < 1.29 is 14.4 Å². The quantitative estimate of drug-likeness (QED) is 0.436. The molecule has 1 fully saturated rings. The largest absolute Gasteiger partial charge is 0.283 e. The summed E-state index contributed by atoms with van der Waals surface area (Å²) >= 11 is 13.7. The Morgan fingerprint density at radius 2 is 1.96 bits per heavy atom. The lowest BCUT2D eigenvalue weighted by atomic mass is 10.2. The number of hydrogen-bond donors (Lipinski definition) is 2. The number of thiocarbonyl (C=S) groups is 1. The van der Waals surface area contributed by atoms with E-state index < -0.39 is 11.8 Å². The van der Waals surface area contributed by atoms with Gasteiger partial charge in [-0.3, -0.25) is 30.1 Å². The maximum Gasteiger partial charge on any atom is 0.271 e. The predicted molar refractivity (Wildman–Crippen MR) is 111 cm³/mol. The molecule has 2 N–H and O–H groups in total. The molecule has 1 aliphatic heterocycles. The minimum Gasteiger partial charge on any atom is -0.283 e. The minimum atomic E-state index is -0.580. The average molecular weight is 438 g/mol. The van der Waals surface area contributed by atoms with Crippen LogP contribution in [0.25, 0.3) is 6.08 Å². The van der Waals surface area contributed by atoms with Crippen molar-refractivity contribution in [1.82, 2.24) is 15.8 Å². The Morgan fingerprint density at radius 1 is 1.19 bits per heavy atom. The van der Waals surface area contributed by atoms with Crippen LogP contribution in [0, 0.1) is 0 Å². The monoisotopic (exact) mass is 437 g/mol. The van der Waals surface area contributed by atoms with E-state index >= 15 is 0 Å². The Morgan fingerprint density at radius 3 is 2.67 bits per heavy atom. The van der Waals surface area contributed by atoms with Crippen LogP contribution < -0.4 is 10.9 Å². The number of carbonyl (C=O) groups excluding carboxylic acids is 3. The zero-order chi connectivity index (χ0) is 19.4. The number of carbonyl (C=O) groups is 3. The van der Waals surface area contributed by atoms with Crippen LogP contribution in [0.3, 0.4) is 0 Å². The molecule has 1 aromatic carbocycles. The van der Waals surface area contributed by atoms with Crippen LogP contribution in [0.4, 0.5) is 0 Å². The second-order valence-electron chi connectivity index (χ2n) is 5.27. The van der Waals surface area contributed by atoms with Crippen molar-refractivity contribution in [2.24, 2.45) is 0 Å². The van der Waals surface area contributed by atoms with Crippen LogP contribution in [-0.4, -0.2) is 33.5 Å². The molecule has 2 aromatic rings. The van der Waals surface area contributed by atoms with Crippen LogP contribution in [0.5, 0.6) is 0 Å². The number of nitrogens with zero attached hydrogens (tertiary/aromatic N) is 1. The molecule has 2 heterocycles. The summed E-state index contributed by atoms with van der Waals surface area (Å²) in [6.45, 7) is -0.296. The zero-order valence-electron chi connectivity index (χ0n) is 13.6. The van der Waals surface area contributed by atoms with E-state index in [0.29, 0.717) is 4.91 Å². The summed E-state index contributed by atoms with van der Waals surface area (Å²) in [5.74, 6) is -1.48. The third-order valence-electron chi connectivity index (χ3n) is 3.43. The van der Waals surface area contributed by atoms with Crippen molar-refractivity contribution in [1.29, 1.82) is 0 Å². The van der Waals surface area contributed by atoms with Crippen LogP contribution in [0.15, 0.2) is 46.7 Å². The zero-order valence-corrected chi connectivity index (χ0v) is 16.8. The molecule has 27 heavy (non-hydrogen) atoms. The number of hydrazine groups is 1. The van der Waals surface area contributed by atoms with Crippen molar-refractivity contribution in [2.45, 2.75) is 0 Å². The first-order chi connectivity index (χ1) is 13.0. The molecule has 138 valence electrons. The Balaban J connectivity index is 1.58. The summed E-state index contributed by atoms with van der Waals surface area (Å²) in [5, 5.41) is 2.17. The smallest absolute Gasteiger partial charge is 0.271 e. The first-order valence-electron chi connectivity index (χ1n) is 7.58. The first kappa shape index (κ1) is 19.6. The molecular weight excluding hydrogens is 426 g/mol. The Bertz CT molecular complexity index is 944. The van der Waals surface area contributed by atoms with E-state index in [2.05, 4.69) is 10.9 Å². The van der Waals surface area contributed by atoms with E-state index in [1.807, 2.05) is 17.5 Å². The topological polar surface area (TPSA) is 78.5 Å². The highest BCUT2D eigenvalue weighted by atomic mass is 35.5. The summed E-state index contributed by atoms with van der Waals surface area (Å²) in [5.41, 5.74) is 4.75. The van der Waals surface area contributed by atoms with Crippen LogP contribution >= 0.6 is 46.9 Å². The van der Waals surface area contributed by atoms with Gasteiger partial charge in [-0.15, -0.1) is 11.3 Å². The number of benzene rings is 1. The van der Waals surface area contributed by atoms with Crippen molar-refractivity contribution in [3.63, 3.8) is 0 Å². The van der Waals surface area contributed by atoms with E-state index in [1.54, 1.807) is 24.3 Å². The number of nitrogens with one attached hydrogen (secondary N) is 2. The van der Waals surface area contributed by atoms with Gasteiger partial charge in [-0.2, -0.15) is 0 Å². The molecule has 10 heteroatoms. The van der Waals surface area contributed by atoms with Gasteiger partial charge in [-0.05, 0) is 29.7 Å². The second-order valence-corrected chi connectivity index (χ2v) is 8.33. The lowest BCUT2D eigenvalue weighted by Crippen LogP contribution is -2.47. The number of thioether (sulfide) groups is 1. The Labute approximate surface area is 173 Å². The third kappa shape index (κ3) is 4.75. The molecule has 0 spiro atoms. The van der Waals surface area contributed by atoms with Gasteiger partial charge in [0.1, 0.15) is 10.9 Å². The molecule has 3 rings (SSSR count). The van der Waals surface area contributed by atoms with Gasteiger partial charge in [0.05, 0.1) is 15.5 Å². The van der Waals surface area contributed by atoms with Crippen LogP contribution in [-0.2, 0) is 9.59 Å². The van der Waals surface area contributed by atoms with Crippen molar-refractivity contribution in [3.05, 3.63) is 62.1 Å². The van der Waals surface area contributed by atoms with E-state index in [-0.39, 0.29) is 27.4 Å². The molecule has 0 aliphatic carbocycles. The summed E-state index contributed by atoms with van der Waals surface area (Å²) in [7, 11) is 0. The van der Waals surface area contributed by atoms with Gasteiger partial charge in [-0.1, -0.05) is 53.8 Å². The minimum absolute atomic E-state index is 0.226. The van der Waals surface area contributed by atoms with Gasteiger partial charge in [-0.25, -0.2) is 0 Å². The van der Waals surface area contributed by atoms with Crippen molar-refractivity contribution in [3.8, 4) is 0 Å². The van der Waals surface area contributed by atoms with Gasteiger partial charge in [0.25, 0.3) is 17.7 Å². The summed E-state index contributed by atoms with van der Waals surface area (Å²) in [4.78, 5) is 39.2. The fraction of sp³-hybridized carbons (Fsp3) is 0.0588. The first-order valence-corrected chi connectivity index (χ1v) is 10.1. The van der Waals surface area contributed by atoms with E-state index in [9.17, 15) is 14.4 Å². The molecule has 6 nitrogen and oxygen atoms in total. The number of rotatable bonds is 4. The molecule has 1 aromatic heterocycles. The van der Waals surface area contributed by atoms with Gasteiger partial charge in [0.15, 0.2) is 0 Å². The Hall–Kier alpha value is -2.20. The van der Waals surface area contributed by atoms with E-state index in [1.165, 1.54) is 22.3 Å². The molecule has 3 amide bonds. The maximum atomic E-state index is 12.5. The predicted octanol–water partition coefficient (Wildman–Crippen LogP) is 3.06. The van der Waals surface area contributed by atoms with Crippen LogP contribution in [0.1, 0.15) is 15.2 Å². The number of thiophene rings is 1. The molecule has 0 saturated carbocycles. The highest BCUT2D eigenvalue weighted by Crippen LogP contribution is 2.32. The lowest BCUT2D eigenvalue weighted by molar-refractivity contribution is -0.129. The molecule has 1 aliphatic rings. The summed E-state index contributed by atoms with van der Waals surface area (Å²) in [6, 6.07) is 10.2. The van der Waals surface area contributed by atoms with Gasteiger partial charge < -0.3 is 0 Å². The van der Waals surface area contributed by atoms with Gasteiger partial charge in [0.2, 0.25) is 0 Å². The third-order valence-corrected chi connectivity index (χ3v) is 5.95. The second kappa shape index (κ2) is 8.66. The number of hydrogen-bond acceptors (Lipinski definition) is 6. The SMILES string of the molecule is O=C(CN1C(=O)/C(=C\c2cccs2)SC1=S)NNC(=O)c1ccccc1Cl. The molecule has 1 saturated heterocycles. The number of amides is 3. The molecule has 0 radical (unpaired) electrons. The summed E-state index contributed by atoms with van der Waals surface area (Å²) < 4.78 is 0.287. The highest BCUT2D eigenvalue weighted by molar-refractivity contribution is 8.26. The van der Waals surface area contributed by atoms with Crippen LogP contribution in [0.2, 0.25) is 5.02 Å². The van der Waals surface area contributed by atoms with Crippen molar-refractivity contribution in [2.75, 3.05) is 6.54 Å². The average Bonchev–Trinajstić information content (AvgIpc) is 3.24. The number of halogens is 1. The van der Waals surface area contributed by atoms with E-state index in [4.69, 9.17) is 23.8 Å². The molecule has 0 atom stereocenters. The van der Waals surface area contributed by atoms with Gasteiger partial charge >= 0.3 is 0 Å². The maximum absolute atomic E-state index is 12.5. The molecular formula is C17H12ClN3O3S3. The molecule has 0 bridgehead atoms. The highest BCUT2D eigenvalue weighted by Gasteiger charge is 2.33.